The minimum Gasteiger partial charge on any atom is -0.850 e. The van der Waals surface area contributed by atoms with E-state index in [0.29, 0.717) is 24.4 Å². The Balaban J connectivity index is 0.000000390. The van der Waals surface area contributed by atoms with Crippen LogP contribution in [0, 0.1) is 17.2 Å². The number of benzene rings is 1. The fraction of sp³-hybridized carbons (Fsp3) is 0.667. The molecule has 0 N–H and O–H groups in total. The molecule has 2 heterocycles. The number of rotatable bonds is 3. The first-order valence-electron chi connectivity index (χ1n) is 9.32. The van der Waals surface area contributed by atoms with Gasteiger partial charge >= 0.3 is 51.4 Å². The quantitative estimate of drug-likeness (QED) is 0.747. The van der Waals surface area contributed by atoms with E-state index < -0.39 is 5.60 Å². The summed E-state index contributed by atoms with van der Waals surface area (Å²) in [5.41, 5.74) is 0.699. The summed E-state index contributed by atoms with van der Waals surface area (Å²) < 4.78 is 0. The van der Waals surface area contributed by atoms with Crippen molar-refractivity contribution in [2.24, 2.45) is 5.92 Å². The van der Waals surface area contributed by atoms with Gasteiger partial charge in [0.25, 0.3) is 0 Å². The van der Waals surface area contributed by atoms with Crippen LogP contribution in [0.15, 0.2) is 30.3 Å². The van der Waals surface area contributed by atoms with E-state index in [1.807, 2.05) is 6.92 Å². The molecule has 0 spiro atoms. The molecule has 2 aliphatic rings. The first-order chi connectivity index (χ1) is 11.4. The molecule has 1 aromatic rings. The summed E-state index contributed by atoms with van der Waals surface area (Å²) in [6, 6.07) is 14.5. The number of hydrogen-bond donors (Lipinski definition) is 0. The smallest absolute Gasteiger partial charge is 0.850 e. The summed E-state index contributed by atoms with van der Waals surface area (Å²) in [6.07, 6.45) is 6.79. The zero-order chi connectivity index (χ0) is 17.6. The van der Waals surface area contributed by atoms with Gasteiger partial charge in [-0.2, -0.15) is 5.26 Å². The van der Waals surface area contributed by atoms with Gasteiger partial charge in [-0.3, -0.25) is 4.90 Å². The van der Waals surface area contributed by atoms with E-state index in [1.165, 1.54) is 24.8 Å². The molecule has 2 fully saturated rings. The van der Waals surface area contributed by atoms with Gasteiger partial charge in [-0.05, 0) is 31.2 Å². The van der Waals surface area contributed by atoms with Gasteiger partial charge in [0.15, 0.2) is 0 Å². The second-order valence-electron chi connectivity index (χ2n) is 7.81. The molecule has 4 heteroatoms. The minimum atomic E-state index is -0.708. The van der Waals surface area contributed by atoms with Crippen LogP contribution in [-0.2, 0) is 6.54 Å². The van der Waals surface area contributed by atoms with Crippen molar-refractivity contribution in [2.75, 3.05) is 0 Å². The minimum absolute atomic E-state index is 0. The Morgan fingerprint density at radius 3 is 2.12 bits per heavy atom. The van der Waals surface area contributed by atoms with Crippen LogP contribution >= 0.6 is 0 Å². The van der Waals surface area contributed by atoms with Crippen LogP contribution in [0.3, 0.4) is 0 Å². The second-order valence-corrected chi connectivity index (χ2v) is 7.81. The summed E-state index contributed by atoms with van der Waals surface area (Å²) in [6.45, 7) is 6.33. The van der Waals surface area contributed by atoms with E-state index in [-0.39, 0.29) is 51.4 Å². The van der Waals surface area contributed by atoms with Crippen LogP contribution < -0.4 is 56.5 Å². The second kappa shape index (κ2) is 11.2. The number of piperidine rings is 2. The van der Waals surface area contributed by atoms with Crippen molar-refractivity contribution in [3.05, 3.63) is 35.9 Å². The monoisotopic (exact) mass is 366 g/mol. The molecule has 2 saturated heterocycles. The van der Waals surface area contributed by atoms with E-state index in [0.717, 1.165) is 19.4 Å². The molecule has 0 amide bonds. The largest absolute Gasteiger partial charge is 1.00 e. The SMILES string of the molecule is CCC(C)(C)[O-].N#CC1CC2CCCC(C1)N2Cc1ccccc1.[K+]. The molecular formula is C21H31KN2O. The van der Waals surface area contributed by atoms with Gasteiger partial charge in [-0.25, -0.2) is 0 Å². The Morgan fingerprint density at radius 2 is 1.68 bits per heavy atom. The molecule has 3 rings (SSSR count). The maximum absolute atomic E-state index is 10.5. The first-order valence-corrected chi connectivity index (χ1v) is 9.32. The summed E-state index contributed by atoms with van der Waals surface area (Å²) in [5, 5.41) is 19.6. The van der Waals surface area contributed by atoms with Gasteiger partial charge in [0.05, 0.1) is 6.07 Å². The third-order valence-corrected chi connectivity index (χ3v) is 5.37. The molecule has 2 aliphatic heterocycles. The fourth-order valence-corrected chi connectivity index (χ4v) is 3.64. The molecule has 0 saturated carbocycles. The number of fused-ring (bicyclic) bond motifs is 2. The molecule has 3 nitrogen and oxygen atoms in total. The third-order valence-electron chi connectivity index (χ3n) is 5.37. The Hall–Kier alpha value is 0.266. The summed E-state index contributed by atoms with van der Waals surface area (Å²) in [7, 11) is 0. The standard InChI is InChI=1S/C16H20N2.C5H11O.K/c17-11-14-9-15-7-4-8-16(10-14)18(15)12-13-5-2-1-3-6-13;1-4-5(2,3)6;/h1-3,5-6,14-16H,4,7-10,12H2;4H2,1-3H3;/q;-1;+1. The zero-order valence-corrected chi connectivity index (χ0v) is 19.5. The van der Waals surface area contributed by atoms with Crippen LogP contribution in [0.4, 0.5) is 0 Å². The zero-order valence-electron chi connectivity index (χ0n) is 16.4. The molecular weight excluding hydrogens is 335 g/mol. The van der Waals surface area contributed by atoms with E-state index in [9.17, 15) is 5.11 Å². The number of nitriles is 1. The summed E-state index contributed by atoms with van der Waals surface area (Å²) in [4.78, 5) is 2.66. The molecule has 0 radical (unpaired) electrons. The average molecular weight is 367 g/mol. The van der Waals surface area contributed by atoms with Gasteiger partial charge in [-0.1, -0.05) is 63.9 Å². The summed E-state index contributed by atoms with van der Waals surface area (Å²) >= 11 is 0. The van der Waals surface area contributed by atoms with Crippen LogP contribution in [0.5, 0.6) is 0 Å². The van der Waals surface area contributed by atoms with Gasteiger partial charge in [0.2, 0.25) is 0 Å². The maximum atomic E-state index is 10.5. The first kappa shape index (κ1) is 23.3. The Kier molecular flexibility index (Phi) is 10.4. The Bertz CT molecular complexity index is 521. The van der Waals surface area contributed by atoms with Crippen LogP contribution in [0.2, 0.25) is 0 Å². The average Bonchev–Trinajstić information content (AvgIpc) is 2.55. The fourth-order valence-electron chi connectivity index (χ4n) is 3.64. The van der Waals surface area contributed by atoms with Gasteiger partial charge < -0.3 is 5.11 Å². The van der Waals surface area contributed by atoms with Crippen molar-refractivity contribution < 1.29 is 56.5 Å². The predicted octanol–water partition coefficient (Wildman–Crippen LogP) is 0.883. The van der Waals surface area contributed by atoms with Crippen LogP contribution in [-0.4, -0.2) is 22.6 Å². The molecule has 2 bridgehead atoms. The molecule has 25 heavy (non-hydrogen) atoms. The van der Waals surface area contributed by atoms with Crippen molar-refractivity contribution in [1.82, 2.24) is 4.90 Å². The maximum Gasteiger partial charge on any atom is 1.00 e. The normalized spacial score (nSPS) is 25.8. The number of nitrogens with zero attached hydrogens (tertiary/aromatic N) is 2. The molecule has 2 unspecified atom stereocenters. The Morgan fingerprint density at radius 1 is 1.16 bits per heavy atom. The Labute approximate surface area is 196 Å². The molecule has 0 aromatic heterocycles. The van der Waals surface area contributed by atoms with Crippen molar-refractivity contribution in [3.8, 4) is 6.07 Å². The van der Waals surface area contributed by atoms with Crippen molar-refractivity contribution in [3.63, 3.8) is 0 Å². The molecule has 0 aliphatic carbocycles. The van der Waals surface area contributed by atoms with Crippen molar-refractivity contribution >= 4 is 0 Å². The van der Waals surface area contributed by atoms with Gasteiger partial charge in [0, 0.05) is 24.5 Å². The van der Waals surface area contributed by atoms with E-state index >= 15 is 0 Å². The predicted molar refractivity (Wildman–Crippen MR) is 96.1 cm³/mol. The van der Waals surface area contributed by atoms with Gasteiger partial charge in [0.1, 0.15) is 0 Å². The molecule has 132 valence electrons. The van der Waals surface area contributed by atoms with Crippen LogP contribution in [0.1, 0.15) is 64.9 Å². The number of hydrogen-bond acceptors (Lipinski definition) is 3. The molecule has 2 atom stereocenters. The van der Waals surface area contributed by atoms with Crippen LogP contribution in [0.25, 0.3) is 0 Å². The summed E-state index contributed by atoms with van der Waals surface area (Å²) in [5.74, 6) is 0.298. The van der Waals surface area contributed by atoms with Crippen molar-refractivity contribution in [1.29, 1.82) is 5.26 Å². The molecule has 1 aromatic carbocycles. The van der Waals surface area contributed by atoms with E-state index in [4.69, 9.17) is 5.26 Å². The van der Waals surface area contributed by atoms with Crippen molar-refractivity contribution in [2.45, 2.75) is 83.5 Å². The van der Waals surface area contributed by atoms with Gasteiger partial charge in [-0.15, -0.1) is 5.60 Å². The topological polar surface area (TPSA) is 50.1 Å². The van der Waals surface area contributed by atoms with E-state index in [1.54, 1.807) is 13.8 Å². The van der Waals surface area contributed by atoms with E-state index in [2.05, 4.69) is 41.3 Å². The third kappa shape index (κ3) is 7.80.